The zero-order chi connectivity index (χ0) is 14.7. The summed E-state index contributed by atoms with van der Waals surface area (Å²) in [6, 6.07) is 0. The molecule has 1 saturated heterocycles. The van der Waals surface area contributed by atoms with E-state index in [1.807, 2.05) is 0 Å². The van der Waals surface area contributed by atoms with Crippen LogP contribution in [0, 0.1) is 0 Å². The Morgan fingerprint density at radius 1 is 1.21 bits per heavy atom. The van der Waals surface area contributed by atoms with Crippen LogP contribution in [0.25, 0.3) is 0 Å². The highest BCUT2D eigenvalue weighted by Crippen LogP contribution is 2.56. The van der Waals surface area contributed by atoms with Crippen LogP contribution < -0.4 is 0 Å². The largest absolute Gasteiger partial charge is 0.481 e. The van der Waals surface area contributed by atoms with Crippen LogP contribution >= 0.6 is 16.5 Å². The topological polar surface area (TPSA) is 107 Å². The van der Waals surface area contributed by atoms with Gasteiger partial charge in [-0.2, -0.15) is 0 Å². The van der Waals surface area contributed by atoms with Crippen molar-refractivity contribution in [2.45, 2.75) is 31.5 Å². The molecule has 0 aromatic carbocycles. The Hall–Kier alpha value is 0.170. The smallest absolute Gasteiger partial charge is 0.307 e. The molecule has 4 N–H and O–H groups in total. The number of hydrogen-bond donors (Lipinski definition) is 4. The van der Waals surface area contributed by atoms with Gasteiger partial charge in [0.05, 0.1) is 25.7 Å². The summed E-state index contributed by atoms with van der Waals surface area (Å²) in [7, 11) is 0.477. The van der Waals surface area contributed by atoms with Crippen molar-refractivity contribution in [1.29, 1.82) is 0 Å². The number of carboxylic acids is 1. The number of aliphatic hydroxyl groups excluding tert-OH is 3. The number of carbonyl (C=O) groups is 1. The minimum atomic E-state index is -2.21. The van der Waals surface area contributed by atoms with E-state index >= 15 is 0 Å². The SMILES string of the molecule is O=C(O)CC[P+](CO)(CO)CO.PC1CCCCO1. The maximum Gasteiger partial charge on any atom is 0.307 e. The second kappa shape index (κ2) is 10.9. The predicted octanol–water partition coefficient (Wildman–Crippen LogP) is 0.716. The molecule has 0 saturated carbocycles. The Morgan fingerprint density at radius 2 is 1.79 bits per heavy atom. The lowest BCUT2D eigenvalue weighted by molar-refractivity contribution is -0.136. The number of rotatable bonds is 6. The quantitative estimate of drug-likeness (QED) is 0.538. The third kappa shape index (κ3) is 8.85. The molecule has 2 unspecified atom stereocenters. The van der Waals surface area contributed by atoms with Gasteiger partial charge in [0, 0.05) is 6.61 Å². The molecule has 0 aliphatic carbocycles. The molecule has 0 bridgehead atoms. The number of hydrogen-bond acceptors (Lipinski definition) is 5. The molecule has 2 atom stereocenters. The van der Waals surface area contributed by atoms with Crippen molar-refractivity contribution in [3.8, 4) is 0 Å². The molecule has 8 heteroatoms. The van der Waals surface area contributed by atoms with Crippen LogP contribution in [0.1, 0.15) is 25.7 Å². The summed E-state index contributed by atoms with van der Waals surface area (Å²) < 4.78 is 5.24. The van der Waals surface area contributed by atoms with E-state index < -0.39 is 13.2 Å². The van der Waals surface area contributed by atoms with Gasteiger partial charge >= 0.3 is 5.97 Å². The van der Waals surface area contributed by atoms with Crippen LogP contribution in [0.5, 0.6) is 0 Å². The maximum absolute atomic E-state index is 10.2. The van der Waals surface area contributed by atoms with E-state index in [-0.39, 0.29) is 31.6 Å². The summed E-state index contributed by atoms with van der Waals surface area (Å²) in [5.41, 5.74) is 0. The van der Waals surface area contributed by atoms with E-state index in [2.05, 4.69) is 9.24 Å². The molecule has 0 aromatic rings. The minimum Gasteiger partial charge on any atom is -0.481 e. The van der Waals surface area contributed by atoms with Gasteiger partial charge in [0.2, 0.25) is 0 Å². The molecule has 0 amide bonds. The standard InChI is InChI=1S/C6H13O5P.C5H11OP/c7-3-12(4-8,5-9)2-1-6(10)11;7-5-3-1-2-4-6-5/h7-9H,1-5H2;5H,1-4,7H2/p+1. The molecule has 0 aromatic heterocycles. The summed E-state index contributed by atoms with van der Waals surface area (Å²) in [5.74, 6) is -0.525. The van der Waals surface area contributed by atoms with Gasteiger partial charge in [-0.3, -0.25) is 4.79 Å². The molecule has 0 spiro atoms. The Morgan fingerprint density at radius 3 is 2.05 bits per heavy atom. The molecule has 1 aliphatic heterocycles. The van der Waals surface area contributed by atoms with Crippen LogP contribution in [0.3, 0.4) is 0 Å². The zero-order valence-electron chi connectivity index (χ0n) is 11.1. The lowest BCUT2D eigenvalue weighted by Crippen LogP contribution is -2.14. The van der Waals surface area contributed by atoms with Crippen molar-refractivity contribution < 1.29 is 30.0 Å². The highest BCUT2D eigenvalue weighted by Gasteiger charge is 2.35. The van der Waals surface area contributed by atoms with E-state index in [1.165, 1.54) is 19.3 Å². The van der Waals surface area contributed by atoms with Crippen LogP contribution in [-0.2, 0) is 9.53 Å². The number of aliphatic carboxylic acids is 1. The fraction of sp³-hybridized carbons (Fsp3) is 0.909. The van der Waals surface area contributed by atoms with Gasteiger partial charge in [0.25, 0.3) is 0 Å². The third-order valence-electron chi connectivity index (χ3n) is 2.91. The van der Waals surface area contributed by atoms with Gasteiger partial charge in [-0.05, 0) is 19.3 Å². The Bertz CT molecular complexity index is 233. The lowest BCUT2D eigenvalue weighted by Gasteiger charge is -2.18. The predicted molar refractivity (Wildman–Crippen MR) is 78.6 cm³/mol. The van der Waals surface area contributed by atoms with Crippen LogP contribution in [-0.4, -0.2) is 64.1 Å². The molecule has 1 heterocycles. The number of aliphatic hydroxyl groups is 3. The van der Waals surface area contributed by atoms with Crippen molar-refractivity contribution >= 4 is 22.5 Å². The van der Waals surface area contributed by atoms with E-state index in [1.54, 1.807) is 0 Å². The molecule has 1 aliphatic rings. The van der Waals surface area contributed by atoms with Crippen molar-refractivity contribution in [1.82, 2.24) is 0 Å². The van der Waals surface area contributed by atoms with Gasteiger partial charge in [0.1, 0.15) is 0 Å². The van der Waals surface area contributed by atoms with Gasteiger partial charge in [0.15, 0.2) is 19.0 Å². The fourth-order valence-electron chi connectivity index (χ4n) is 1.44. The molecule has 1 fully saturated rings. The first-order valence-electron chi connectivity index (χ1n) is 6.26. The summed E-state index contributed by atoms with van der Waals surface area (Å²) in [5, 5.41) is 34.8. The molecular formula is C11H25O6P2+. The molecular weight excluding hydrogens is 290 g/mol. The van der Waals surface area contributed by atoms with Crippen molar-refractivity contribution in [2.75, 3.05) is 31.8 Å². The zero-order valence-corrected chi connectivity index (χ0v) is 13.1. The maximum atomic E-state index is 10.2. The van der Waals surface area contributed by atoms with Crippen LogP contribution in [0.2, 0.25) is 0 Å². The molecule has 114 valence electrons. The Kier molecular flexibility index (Phi) is 11.0. The van der Waals surface area contributed by atoms with E-state index in [4.69, 9.17) is 25.2 Å². The van der Waals surface area contributed by atoms with Gasteiger partial charge in [-0.1, -0.05) is 0 Å². The monoisotopic (exact) mass is 315 g/mol. The Labute approximate surface area is 116 Å². The molecule has 0 radical (unpaired) electrons. The number of ether oxygens (including phenoxy) is 1. The highest BCUT2D eigenvalue weighted by molar-refractivity contribution is 7.75. The van der Waals surface area contributed by atoms with E-state index in [0.717, 1.165) is 6.61 Å². The van der Waals surface area contributed by atoms with Crippen molar-refractivity contribution in [2.24, 2.45) is 0 Å². The van der Waals surface area contributed by atoms with Crippen LogP contribution in [0.15, 0.2) is 0 Å². The van der Waals surface area contributed by atoms with Gasteiger partial charge < -0.3 is 25.2 Å². The fourth-order valence-corrected chi connectivity index (χ4v) is 3.17. The second-order valence-electron chi connectivity index (χ2n) is 4.54. The molecule has 19 heavy (non-hydrogen) atoms. The summed E-state index contributed by atoms with van der Waals surface area (Å²) in [4.78, 5) is 10.2. The minimum absolute atomic E-state index is 0.116. The average molecular weight is 315 g/mol. The van der Waals surface area contributed by atoms with Gasteiger partial charge in [-0.15, -0.1) is 9.24 Å². The van der Waals surface area contributed by atoms with E-state index in [9.17, 15) is 4.79 Å². The molecule has 6 nitrogen and oxygen atoms in total. The van der Waals surface area contributed by atoms with Crippen LogP contribution in [0.4, 0.5) is 0 Å². The summed E-state index contributed by atoms with van der Waals surface area (Å²) in [6.07, 6.45) is 3.00. The normalized spacial score (nSPS) is 19.5. The van der Waals surface area contributed by atoms with Crippen molar-refractivity contribution in [3.05, 3.63) is 0 Å². The second-order valence-corrected chi connectivity index (χ2v) is 9.26. The van der Waals surface area contributed by atoms with Crippen molar-refractivity contribution in [3.63, 3.8) is 0 Å². The first-order chi connectivity index (χ1) is 8.99. The highest BCUT2D eigenvalue weighted by atomic mass is 31.2. The first kappa shape index (κ1) is 19.2. The lowest BCUT2D eigenvalue weighted by atomic mass is 10.2. The first-order valence-corrected chi connectivity index (χ1v) is 9.46. The Balaban J connectivity index is 0.000000388. The molecule has 1 rings (SSSR count). The average Bonchev–Trinajstić information content (AvgIpc) is 2.42. The third-order valence-corrected chi connectivity index (χ3v) is 6.41. The number of carboxylic acid groups (broad SMARTS) is 1. The summed E-state index contributed by atoms with van der Waals surface area (Å²) in [6.45, 7) is 0.966. The van der Waals surface area contributed by atoms with E-state index in [0.29, 0.717) is 5.85 Å². The summed E-state index contributed by atoms with van der Waals surface area (Å²) >= 11 is 0. The van der Waals surface area contributed by atoms with Gasteiger partial charge in [-0.25, -0.2) is 0 Å².